The molecular weight excluding hydrogens is 124 g/mol. The number of hydrogen-bond donors (Lipinski definition) is 0. The lowest BCUT2D eigenvalue weighted by molar-refractivity contribution is 0.370. The molecule has 0 N–H and O–H groups in total. The van der Waals surface area contributed by atoms with Crippen LogP contribution >= 0.6 is 11.6 Å². The van der Waals surface area contributed by atoms with Crippen LogP contribution in [0.5, 0.6) is 0 Å². The summed E-state index contributed by atoms with van der Waals surface area (Å²) in [5.41, 5.74) is 0. The third-order valence-corrected chi connectivity index (χ3v) is 1.72. The second kappa shape index (κ2) is 2.70. The van der Waals surface area contributed by atoms with E-state index < -0.39 is 0 Å². The van der Waals surface area contributed by atoms with E-state index in [1.54, 1.807) is 0 Å². The molecule has 1 aliphatic heterocycles. The Kier molecular flexibility index (Phi) is 2.15. The zero-order valence-electron chi connectivity index (χ0n) is 5.06. The van der Waals surface area contributed by atoms with Gasteiger partial charge >= 0.3 is 0 Å². The van der Waals surface area contributed by atoms with Crippen LogP contribution in [0.3, 0.4) is 0 Å². The van der Waals surface area contributed by atoms with Crippen LogP contribution in [-0.4, -0.2) is 18.1 Å². The fourth-order valence-electron chi connectivity index (χ4n) is 0.853. The summed E-state index contributed by atoms with van der Waals surface area (Å²) in [5, 5.41) is 0. The summed E-state index contributed by atoms with van der Waals surface area (Å²) in [6, 6.07) is 0. The van der Waals surface area contributed by atoms with Crippen molar-refractivity contribution in [3.05, 3.63) is 0 Å². The molecule has 1 fully saturated rings. The Morgan fingerprint density at radius 1 is 1.50 bits per heavy atom. The molecule has 0 aliphatic carbocycles. The molecule has 1 aliphatic rings. The van der Waals surface area contributed by atoms with E-state index in [2.05, 4.69) is 6.92 Å². The van der Waals surface area contributed by atoms with Crippen molar-refractivity contribution in [2.24, 2.45) is 0 Å². The quantitative estimate of drug-likeness (QED) is 0.424. The number of rotatable bonds is 3. The van der Waals surface area contributed by atoms with Crippen molar-refractivity contribution in [1.29, 1.82) is 0 Å². The van der Waals surface area contributed by atoms with Crippen LogP contribution in [0.1, 0.15) is 19.8 Å². The molecular formula is C6H11ClO. The molecule has 1 nitrogen and oxygen atoms in total. The fourth-order valence-corrected chi connectivity index (χ4v) is 1.12. The maximum Gasteiger partial charge on any atom is 0.0976 e. The standard InChI is InChI=1S/C6H11ClO/c1-2-3-5-6(4-7)8-5/h5-6H,2-4H2,1H3. The average Bonchev–Trinajstić information content (AvgIpc) is 2.48. The van der Waals surface area contributed by atoms with Crippen molar-refractivity contribution in [3.8, 4) is 0 Å². The third-order valence-electron chi connectivity index (χ3n) is 1.41. The maximum absolute atomic E-state index is 5.50. The van der Waals surface area contributed by atoms with E-state index in [1.165, 1.54) is 12.8 Å². The molecule has 2 atom stereocenters. The number of halogens is 1. The first-order valence-corrected chi connectivity index (χ1v) is 3.63. The predicted octanol–water partition coefficient (Wildman–Crippen LogP) is 1.79. The fraction of sp³-hybridized carbons (Fsp3) is 1.00. The summed E-state index contributed by atoms with van der Waals surface area (Å²) >= 11 is 5.50. The van der Waals surface area contributed by atoms with Crippen molar-refractivity contribution in [2.75, 3.05) is 5.88 Å². The number of ether oxygens (including phenoxy) is 1. The van der Waals surface area contributed by atoms with Crippen molar-refractivity contribution in [2.45, 2.75) is 32.0 Å². The second-order valence-corrected chi connectivity index (χ2v) is 2.46. The van der Waals surface area contributed by atoms with Crippen LogP contribution in [0.25, 0.3) is 0 Å². The lowest BCUT2D eigenvalue weighted by atomic mass is 10.2. The minimum atomic E-state index is 0.386. The van der Waals surface area contributed by atoms with Crippen molar-refractivity contribution >= 4 is 11.6 Å². The largest absolute Gasteiger partial charge is 0.368 e. The molecule has 8 heavy (non-hydrogen) atoms. The molecule has 1 saturated heterocycles. The molecule has 0 aromatic heterocycles. The maximum atomic E-state index is 5.50. The van der Waals surface area contributed by atoms with E-state index in [4.69, 9.17) is 16.3 Å². The van der Waals surface area contributed by atoms with Gasteiger partial charge in [0, 0.05) is 0 Å². The summed E-state index contributed by atoms with van der Waals surface area (Å²) in [5.74, 6) is 0.671. The van der Waals surface area contributed by atoms with Gasteiger partial charge in [-0.05, 0) is 6.42 Å². The third kappa shape index (κ3) is 1.36. The smallest absolute Gasteiger partial charge is 0.0976 e. The van der Waals surface area contributed by atoms with Crippen molar-refractivity contribution < 1.29 is 4.74 Å². The van der Waals surface area contributed by atoms with E-state index in [9.17, 15) is 0 Å². The van der Waals surface area contributed by atoms with E-state index in [0.717, 1.165) is 0 Å². The topological polar surface area (TPSA) is 12.5 Å². The highest BCUT2D eigenvalue weighted by Crippen LogP contribution is 2.26. The van der Waals surface area contributed by atoms with Gasteiger partial charge in [-0.1, -0.05) is 13.3 Å². The molecule has 0 saturated carbocycles. The Hall–Kier alpha value is 0.250. The van der Waals surface area contributed by atoms with Gasteiger partial charge in [0.1, 0.15) is 0 Å². The molecule has 2 unspecified atom stereocenters. The van der Waals surface area contributed by atoms with Gasteiger partial charge in [-0.2, -0.15) is 0 Å². The van der Waals surface area contributed by atoms with E-state index in [0.29, 0.717) is 18.1 Å². The van der Waals surface area contributed by atoms with Crippen LogP contribution in [-0.2, 0) is 4.74 Å². The number of hydrogen-bond acceptors (Lipinski definition) is 1. The predicted molar refractivity (Wildman–Crippen MR) is 34.3 cm³/mol. The van der Waals surface area contributed by atoms with Crippen molar-refractivity contribution in [3.63, 3.8) is 0 Å². The van der Waals surface area contributed by atoms with Crippen LogP contribution in [0.15, 0.2) is 0 Å². The normalized spacial score (nSPS) is 35.2. The van der Waals surface area contributed by atoms with Crippen LogP contribution in [0.2, 0.25) is 0 Å². The zero-order chi connectivity index (χ0) is 5.98. The first-order valence-electron chi connectivity index (χ1n) is 3.10. The molecule has 0 aromatic rings. The van der Waals surface area contributed by atoms with Gasteiger partial charge in [0.2, 0.25) is 0 Å². The molecule has 0 aromatic carbocycles. The summed E-state index contributed by atoms with van der Waals surface area (Å²) in [6.07, 6.45) is 3.27. The highest BCUT2D eigenvalue weighted by atomic mass is 35.5. The van der Waals surface area contributed by atoms with Gasteiger partial charge in [0.25, 0.3) is 0 Å². The van der Waals surface area contributed by atoms with Gasteiger partial charge in [0.15, 0.2) is 0 Å². The van der Waals surface area contributed by atoms with E-state index in [1.807, 2.05) is 0 Å². The average molecular weight is 135 g/mol. The van der Waals surface area contributed by atoms with Crippen LogP contribution < -0.4 is 0 Å². The molecule has 0 spiro atoms. The first kappa shape index (κ1) is 6.37. The Bertz CT molecular complexity index is 74.9. The minimum Gasteiger partial charge on any atom is -0.368 e. The monoisotopic (exact) mass is 134 g/mol. The van der Waals surface area contributed by atoms with Gasteiger partial charge in [-0.25, -0.2) is 0 Å². The molecule has 1 heterocycles. The Labute approximate surface area is 55.0 Å². The highest BCUT2D eigenvalue weighted by molar-refractivity contribution is 6.18. The van der Waals surface area contributed by atoms with Gasteiger partial charge in [-0.3, -0.25) is 0 Å². The van der Waals surface area contributed by atoms with Gasteiger partial charge in [-0.15, -0.1) is 11.6 Å². The molecule has 48 valence electrons. The highest BCUT2D eigenvalue weighted by Gasteiger charge is 2.36. The second-order valence-electron chi connectivity index (χ2n) is 2.16. The van der Waals surface area contributed by atoms with Gasteiger partial charge in [0.05, 0.1) is 18.1 Å². The van der Waals surface area contributed by atoms with Crippen LogP contribution in [0.4, 0.5) is 0 Å². The van der Waals surface area contributed by atoms with E-state index in [-0.39, 0.29) is 0 Å². The molecule has 2 heteroatoms. The minimum absolute atomic E-state index is 0.386. The van der Waals surface area contributed by atoms with Gasteiger partial charge < -0.3 is 4.74 Å². The Morgan fingerprint density at radius 3 is 2.62 bits per heavy atom. The van der Waals surface area contributed by atoms with Crippen molar-refractivity contribution in [1.82, 2.24) is 0 Å². The zero-order valence-corrected chi connectivity index (χ0v) is 5.82. The lowest BCUT2D eigenvalue weighted by Crippen LogP contribution is -1.93. The summed E-state index contributed by atoms with van der Waals surface area (Å²) in [4.78, 5) is 0. The Morgan fingerprint density at radius 2 is 2.25 bits per heavy atom. The lowest BCUT2D eigenvalue weighted by Gasteiger charge is -1.83. The molecule has 0 amide bonds. The summed E-state index contributed by atoms with van der Waals surface area (Å²) in [7, 11) is 0. The molecule has 0 bridgehead atoms. The Balaban J connectivity index is 1.99. The van der Waals surface area contributed by atoms with E-state index >= 15 is 0 Å². The number of epoxide rings is 1. The molecule has 1 rings (SSSR count). The first-order chi connectivity index (χ1) is 3.88. The SMILES string of the molecule is CCCC1OC1CCl. The summed E-state index contributed by atoms with van der Waals surface area (Å²) in [6.45, 7) is 2.16. The molecule has 0 radical (unpaired) electrons. The number of alkyl halides is 1. The summed E-state index contributed by atoms with van der Waals surface area (Å²) < 4.78 is 5.17. The van der Waals surface area contributed by atoms with Crippen LogP contribution in [0, 0.1) is 0 Å².